The molecule has 4 nitrogen and oxygen atoms in total. The number of hydrogen-bond donors (Lipinski definition) is 1. The van der Waals surface area contributed by atoms with E-state index in [9.17, 15) is 0 Å². The summed E-state index contributed by atoms with van der Waals surface area (Å²) in [4.78, 5) is 0. The summed E-state index contributed by atoms with van der Waals surface area (Å²) in [7, 11) is 3.31. The van der Waals surface area contributed by atoms with Gasteiger partial charge in [0.2, 0.25) is 0 Å². The van der Waals surface area contributed by atoms with E-state index in [1.165, 1.54) is 0 Å². The quantitative estimate of drug-likeness (QED) is 0.702. The third-order valence-electron chi connectivity index (χ3n) is 3.22. The fourth-order valence-electron chi connectivity index (χ4n) is 2.27. The molecule has 92 valence electrons. The molecule has 0 saturated carbocycles. The molecule has 18 heavy (non-hydrogen) atoms. The molecule has 1 aromatic heterocycles. The number of ether oxygens (including phenoxy) is 2. The van der Waals surface area contributed by atoms with Gasteiger partial charge in [0.25, 0.3) is 0 Å². The van der Waals surface area contributed by atoms with Gasteiger partial charge in [-0.25, -0.2) is 0 Å². The van der Waals surface area contributed by atoms with Crippen LogP contribution in [0.4, 0.5) is 0 Å². The first-order valence-corrected chi connectivity index (χ1v) is 5.66. The van der Waals surface area contributed by atoms with Crippen LogP contribution < -0.4 is 15.3 Å². The van der Waals surface area contributed by atoms with Gasteiger partial charge in [-0.15, -0.1) is 0 Å². The maximum Gasteiger partial charge on any atom is 0.119 e. The number of benzene rings is 2. The molecule has 0 aliphatic heterocycles. The fourth-order valence-corrected chi connectivity index (χ4v) is 2.27. The molecule has 0 atom stereocenters. The van der Waals surface area contributed by atoms with Crippen LogP contribution in [0.1, 0.15) is 0 Å². The SMILES string of the molecule is COc1ccc2c(c1)c1cc(OC)ccc1n2N. The van der Waals surface area contributed by atoms with Crippen LogP contribution in [0.3, 0.4) is 0 Å². The highest BCUT2D eigenvalue weighted by Crippen LogP contribution is 2.32. The number of hydrogen-bond acceptors (Lipinski definition) is 3. The largest absolute Gasteiger partial charge is 0.497 e. The summed E-state index contributed by atoms with van der Waals surface area (Å²) in [6.07, 6.45) is 0. The Morgan fingerprint density at radius 3 is 1.67 bits per heavy atom. The maximum atomic E-state index is 6.09. The highest BCUT2D eigenvalue weighted by Gasteiger charge is 2.10. The number of fused-ring (bicyclic) bond motifs is 3. The lowest BCUT2D eigenvalue weighted by Gasteiger charge is -2.00. The van der Waals surface area contributed by atoms with Crippen LogP contribution in [0, 0.1) is 0 Å². The van der Waals surface area contributed by atoms with Crippen molar-refractivity contribution in [3.63, 3.8) is 0 Å². The van der Waals surface area contributed by atoms with E-state index in [2.05, 4.69) is 0 Å². The molecule has 0 radical (unpaired) electrons. The first-order chi connectivity index (χ1) is 8.74. The van der Waals surface area contributed by atoms with Crippen molar-refractivity contribution >= 4 is 21.8 Å². The summed E-state index contributed by atoms with van der Waals surface area (Å²) >= 11 is 0. The second kappa shape index (κ2) is 3.84. The van der Waals surface area contributed by atoms with Crippen molar-refractivity contribution in [3.8, 4) is 11.5 Å². The van der Waals surface area contributed by atoms with Crippen molar-refractivity contribution < 1.29 is 9.47 Å². The van der Waals surface area contributed by atoms with Gasteiger partial charge in [0.05, 0.1) is 25.3 Å². The predicted molar refractivity (Wildman–Crippen MR) is 72.7 cm³/mol. The molecule has 0 saturated heterocycles. The first kappa shape index (κ1) is 10.8. The average molecular weight is 242 g/mol. The fraction of sp³-hybridized carbons (Fsp3) is 0.143. The molecule has 3 rings (SSSR count). The maximum absolute atomic E-state index is 6.09. The van der Waals surface area contributed by atoms with Crippen molar-refractivity contribution in [2.75, 3.05) is 20.1 Å². The van der Waals surface area contributed by atoms with E-state index in [0.29, 0.717) is 0 Å². The Bertz CT molecular complexity index is 670. The summed E-state index contributed by atoms with van der Waals surface area (Å²) in [5.41, 5.74) is 1.94. The monoisotopic (exact) mass is 242 g/mol. The van der Waals surface area contributed by atoms with Crippen LogP contribution >= 0.6 is 0 Å². The van der Waals surface area contributed by atoms with Crippen molar-refractivity contribution in [3.05, 3.63) is 36.4 Å². The van der Waals surface area contributed by atoms with Gasteiger partial charge in [0, 0.05) is 10.8 Å². The summed E-state index contributed by atoms with van der Waals surface area (Å²) in [6, 6.07) is 11.7. The number of rotatable bonds is 2. The topological polar surface area (TPSA) is 49.4 Å². The minimum absolute atomic E-state index is 0.817. The highest BCUT2D eigenvalue weighted by atomic mass is 16.5. The molecular weight excluding hydrogens is 228 g/mol. The first-order valence-electron chi connectivity index (χ1n) is 5.66. The summed E-state index contributed by atoms with van der Waals surface area (Å²) in [5.74, 6) is 7.73. The van der Waals surface area contributed by atoms with E-state index < -0.39 is 0 Å². The zero-order valence-corrected chi connectivity index (χ0v) is 10.3. The minimum atomic E-state index is 0.817. The Kier molecular flexibility index (Phi) is 2.30. The Hall–Kier alpha value is -2.36. The van der Waals surface area contributed by atoms with Gasteiger partial charge in [0.1, 0.15) is 11.5 Å². The molecule has 0 aliphatic carbocycles. The van der Waals surface area contributed by atoms with Crippen LogP contribution in [0.15, 0.2) is 36.4 Å². The van der Waals surface area contributed by atoms with E-state index in [0.717, 1.165) is 33.3 Å². The van der Waals surface area contributed by atoms with Crippen LogP contribution in [0.25, 0.3) is 21.8 Å². The van der Waals surface area contributed by atoms with Gasteiger partial charge < -0.3 is 15.3 Å². The molecule has 0 spiro atoms. The Morgan fingerprint density at radius 2 is 1.28 bits per heavy atom. The van der Waals surface area contributed by atoms with Crippen molar-refractivity contribution in [1.82, 2.24) is 4.68 Å². The average Bonchev–Trinajstić information content (AvgIpc) is 2.71. The molecule has 4 heteroatoms. The van der Waals surface area contributed by atoms with E-state index >= 15 is 0 Å². The Morgan fingerprint density at radius 1 is 0.833 bits per heavy atom. The molecule has 0 fully saturated rings. The molecule has 2 N–H and O–H groups in total. The Labute approximate surface area is 104 Å². The van der Waals surface area contributed by atoms with Gasteiger partial charge in [-0.05, 0) is 36.4 Å². The number of nitrogens with two attached hydrogens (primary N) is 1. The van der Waals surface area contributed by atoms with Gasteiger partial charge >= 0.3 is 0 Å². The lowest BCUT2D eigenvalue weighted by atomic mass is 10.1. The van der Waals surface area contributed by atoms with Gasteiger partial charge in [-0.3, -0.25) is 4.68 Å². The molecular formula is C14H14N2O2. The third kappa shape index (κ3) is 1.39. The van der Waals surface area contributed by atoms with Crippen LogP contribution in [-0.2, 0) is 0 Å². The van der Waals surface area contributed by atoms with Crippen molar-refractivity contribution in [1.29, 1.82) is 0 Å². The second-order valence-corrected chi connectivity index (χ2v) is 4.14. The number of nitrogens with zero attached hydrogens (tertiary/aromatic N) is 1. The van der Waals surface area contributed by atoms with E-state index in [1.807, 2.05) is 36.4 Å². The zero-order chi connectivity index (χ0) is 12.7. The van der Waals surface area contributed by atoms with Gasteiger partial charge in [-0.1, -0.05) is 0 Å². The van der Waals surface area contributed by atoms with Crippen molar-refractivity contribution in [2.24, 2.45) is 0 Å². The minimum Gasteiger partial charge on any atom is -0.497 e. The standard InChI is InChI=1S/C14H14N2O2/c1-17-9-3-5-13-11(7-9)12-8-10(18-2)4-6-14(12)16(13)15/h3-8H,15H2,1-2H3. The molecule has 1 heterocycles. The normalized spacial score (nSPS) is 11.0. The Balaban J connectivity index is 2.44. The van der Waals surface area contributed by atoms with E-state index in [4.69, 9.17) is 15.3 Å². The predicted octanol–water partition coefficient (Wildman–Crippen LogP) is 2.53. The molecule has 0 unspecified atom stereocenters. The van der Waals surface area contributed by atoms with Gasteiger partial charge in [0.15, 0.2) is 0 Å². The molecule has 3 aromatic rings. The lowest BCUT2D eigenvalue weighted by molar-refractivity contribution is 0.415. The van der Waals surface area contributed by atoms with Crippen LogP contribution in [-0.4, -0.2) is 18.9 Å². The lowest BCUT2D eigenvalue weighted by Crippen LogP contribution is -2.06. The number of aromatic nitrogens is 1. The smallest absolute Gasteiger partial charge is 0.119 e. The zero-order valence-electron chi connectivity index (χ0n) is 10.3. The molecule has 0 bridgehead atoms. The van der Waals surface area contributed by atoms with Crippen LogP contribution in [0.2, 0.25) is 0 Å². The number of methoxy groups -OCH3 is 2. The van der Waals surface area contributed by atoms with E-state index in [1.54, 1.807) is 18.9 Å². The molecule has 2 aromatic carbocycles. The third-order valence-corrected chi connectivity index (χ3v) is 3.22. The molecule has 0 amide bonds. The second-order valence-electron chi connectivity index (χ2n) is 4.14. The van der Waals surface area contributed by atoms with Crippen LogP contribution in [0.5, 0.6) is 11.5 Å². The molecule has 0 aliphatic rings. The van der Waals surface area contributed by atoms with Crippen molar-refractivity contribution in [2.45, 2.75) is 0 Å². The highest BCUT2D eigenvalue weighted by molar-refractivity contribution is 6.09. The summed E-state index contributed by atoms with van der Waals surface area (Å²) in [6.45, 7) is 0. The van der Waals surface area contributed by atoms with E-state index in [-0.39, 0.29) is 0 Å². The summed E-state index contributed by atoms with van der Waals surface area (Å²) in [5, 5.41) is 2.12. The van der Waals surface area contributed by atoms with Gasteiger partial charge in [-0.2, -0.15) is 0 Å². The number of nitrogen functional groups attached to an aromatic ring is 1. The summed E-state index contributed by atoms with van der Waals surface area (Å²) < 4.78 is 12.2.